The summed E-state index contributed by atoms with van der Waals surface area (Å²) >= 11 is 0. The maximum atomic E-state index is 0. The van der Waals surface area contributed by atoms with Crippen LogP contribution in [0.3, 0.4) is 0 Å². The molecule has 0 saturated carbocycles. The summed E-state index contributed by atoms with van der Waals surface area (Å²) in [6, 6.07) is 0. The van der Waals surface area contributed by atoms with Crippen LogP contribution in [0.1, 0.15) is 0 Å². The van der Waals surface area contributed by atoms with Crippen LogP contribution in [0, 0.1) is 7.43 Å². The van der Waals surface area contributed by atoms with Crippen molar-refractivity contribution in [3.8, 4) is 0 Å². The van der Waals surface area contributed by atoms with Crippen molar-refractivity contribution in [1.29, 1.82) is 0 Å². The number of hydrogen-bond donors (Lipinski definition) is 0. The van der Waals surface area contributed by atoms with Crippen LogP contribution in [0.25, 0.3) is 0 Å². The Morgan fingerprint density at radius 3 is 0.375 bits per heavy atom. The summed E-state index contributed by atoms with van der Waals surface area (Å²) in [4.78, 5) is 0. The minimum atomic E-state index is 0. The fraction of sp³-hybridized carbons (Fsp3) is 0. The van der Waals surface area contributed by atoms with Crippen molar-refractivity contribution in [3.05, 3.63) is 7.43 Å². The van der Waals surface area contributed by atoms with E-state index in [1.807, 2.05) is 0 Å². The normalized spacial score (nSPS) is 0. The molecular weight excluding hydrogens is 531 g/mol. The molecule has 0 aliphatic rings. The van der Waals surface area contributed by atoms with Crippen LogP contribution in [0.5, 0.6) is 0 Å². The van der Waals surface area contributed by atoms with Gasteiger partial charge < -0.3 is 7.43 Å². The van der Waals surface area contributed by atoms with E-state index in [9.17, 15) is 0 Å². The van der Waals surface area contributed by atoms with Crippen LogP contribution in [0.15, 0.2) is 0 Å². The topological polar surface area (TPSA) is 0 Å². The minimum Gasteiger partial charge on any atom is -0.358 e. The van der Waals surface area contributed by atoms with Gasteiger partial charge in [0.1, 0.15) is 0 Å². The second kappa shape index (κ2) is 71.7. The first kappa shape index (κ1) is 95.2. The van der Waals surface area contributed by atoms with Crippen LogP contribution in [0.4, 0.5) is 0 Å². The number of rotatable bonds is 0. The molecule has 0 fully saturated rings. The molecule has 7 heteroatoms. The molecule has 62 valence electrons. The summed E-state index contributed by atoms with van der Waals surface area (Å²) in [6.45, 7) is 0. The Balaban J connectivity index is 0. The predicted octanol–water partition coefficient (Wildman–Crippen LogP) is 0.433. The van der Waals surface area contributed by atoms with Crippen molar-refractivity contribution in [3.63, 3.8) is 0 Å². The summed E-state index contributed by atoms with van der Waals surface area (Å²) in [5.41, 5.74) is 0. The van der Waals surface area contributed by atoms with Gasteiger partial charge in [0.25, 0.3) is 0 Å². The second-order valence-electron chi connectivity index (χ2n) is 0. The molecule has 0 spiro atoms. The van der Waals surface area contributed by atoms with Crippen molar-refractivity contribution < 1.29 is 123 Å². The minimum absolute atomic E-state index is 0. The Morgan fingerprint density at radius 1 is 0.375 bits per heavy atom. The molecule has 0 nitrogen and oxygen atoms in total. The molecule has 0 bridgehead atoms. The Hall–Kier alpha value is 3.81. The van der Waals surface area contributed by atoms with Gasteiger partial charge in [0.2, 0.25) is 0 Å². The zero-order valence-corrected chi connectivity index (χ0v) is 13.1. The van der Waals surface area contributed by atoms with Gasteiger partial charge >= 0.3 is 0 Å². The van der Waals surface area contributed by atoms with Gasteiger partial charge in [0.05, 0.1) is 0 Å². The molecule has 0 radical (unpaired) electrons. The van der Waals surface area contributed by atoms with E-state index in [0.29, 0.717) is 0 Å². The Kier molecular flexibility index (Phi) is 854. The van der Waals surface area contributed by atoms with Gasteiger partial charge in [-0.1, -0.05) is 0 Å². The zero-order valence-electron chi connectivity index (χ0n) is 3.53. The van der Waals surface area contributed by atoms with Gasteiger partial charge in [-0.25, -0.2) is 0 Å². The smallest absolute Gasteiger partial charge is 0 e. The SMILES string of the molecule is [CH3-].[Fe].[Fe].[Fe].[Fe].[Fe].[Fe].[W]. The van der Waals surface area contributed by atoms with Crippen LogP contribution >= 0.6 is 0 Å². The first-order chi connectivity index (χ1) is 0. The van der Waals surface area contributed by atoms with Gasteiger partial charge in [-0.2, -0.15) is 0 Å². The molecule has 0 heterocycles. The molecule has 8 heavy (non-hydrogen) atoms. The molecule has 0 N–H and O–H groups in total. The first-order valence-electron chi connectivity index (χ1n) is 0. The van der Waals surface area contributed by atoms with E-state index in [4.69, 9.17) is 0 Å². The van der Waals surface area contributed by atoms with Crippen LogP contribution in [-0.2, 0) is 123 Å². The molecule has 0 amide bonds. The monoisotopic (exact) mass is 535 g/mol. The van der Waals surface area contributed by atoms with E-state index in [1.54, 1.807) is 0 Å². The van der Waals surface area contributed by atoms with E-state index >= 15 is 0 Å². The third kappa shape index (κ3) is 52.5. The van der Waals surface area contributed by atoms with Crippen LogP contribution < -0.4 is 0 Å². The largest absolute Gasteiger partial charge is 0.358 e. The summed E-state index contributed by atoms with van der Waals surface area (Å²) in [6.07, 6.45) is 0. The van der Waals surface area contributed by atoms with Gasteiger partial charge in [0.15, 0.2) is 0 Å². The molecule has 0 saturated heterocycles. The average Bonchev–Trinajstić information content (AvgIpc) is 0. The molecule has 0 aliphatic carbocycles. The summed E-state index contributed by atoms with van der Waals surface area (Å²) in [7, 11) is 0. The van der Waals surface area contributed by atoms with E-state index in [-0.39, 0.29) is 131 Å². The van der Waals surface area contributed by atoms with Crippen LogP contribution in [0.2, 0.25) is 0 Å². The molecule has 0 unspecified atom stereocenters. The maximum absolute atomic E-state index is 0. The van der Waals surface area contributed by atoms with Crippen molar-refractivity contribution >= 4 is 0 Å². The van der Waals surface area contributed by atoms with Crippen molar-refractivity contribution in [1.82, 2.24) is 0 Å². The van der Waals surface area contributed by atoms with Crippen molar-refractivity contribution in [2.75, 3.05) is 0 Å². The Morgan fingerprint density at radius 2 is 0.375 bits per heavy atom. The van der Waals surface area contributed by atoms with E-state index in [1.165, 1.54) is 0 Å². The molecule has 0 aliphatic heterocycles. The van der Waals surface area contributed by atoms with Gasteiger partial charge in [-0.15, -0.1) is 0 Å². The molecular formula is CH3Fe6W-. The number of hydrogen-bond acceptors (Lipinski definition) is 0. The standard InChI is InChI=1S/CH3.6Fe.W/h1H3;;;;;;;/q-1;;;;;;;. The zero-order chi connectivity index (χ0) is 0. The summed E-state index contributed by atoms with van der Waals surface area (Å²) in [5.74, 6) is 0. The average molecular weight is 534 g/mol. The predicted molar refractivity (Wildman–Crippen MR) is 6.41 cm³/mol. The van der Waals surface area contributed by atoms with E-state index in [0.717, 1.165) is 0 Å². The van der Waals surface area contributed by atoms with Gasteiger partial charge in [0, 0.05) is 123 Å². The maximum Gasteiger partial charge on any atom is 0 e. The molecule has 0 aromatic heterocycles. The first-order valence-corrected chi connectivity index (χ1v) is 0. The summed E-state index contributed by atoms with van der Waals surface area (Å²) in [5, 5.41) is 0. The fourth-order valence-corrected chi connectivity index (χ4v) is 0. The summed E-state index contributed by atoms with van der Waals surface area (Å²) < 4.78 is 0. The molecule has 0 rings (SSSR count). The van der Waals surface area contributed by atoms with Crippen molar-refractivity contribution in [2.45, 2.75) is 0 Å². The van der Waals surface area contributed by atoms with Gasteiger partial charge in [-0.05, 0) is 0 Å². The Bertz CT molecular complexity index is 8.49. The second-order valence-corrected chi connectivity index (χ2v) is 0. The van der Waals surface area contributed by atoms with E-state index in [2.05, 4.69) is 0 Å². The molecule has 0 aromatic carbocycles. The third-order valence-electron chi connectivity index (χ3n) is 0. The Labute approximate surface area is 129 Å². The van der Waals surface area contributed by atoms with E-state index < -0.39 is 0 Å². The fourth-order valence-electron chi connectivity index (χ4n) is 0. The van der Waals surface area contributed by atoms with Gasteiger partial charge in [-0.3, -0.25) is 0 Å². The quantitative estimate of drug-likeness (QED) is 0.313. The van der Waals surface area contributed by atoms with Crippen LogP contribution in [-0.4, -0.2) is 0 Å². The van der Waals surface area contributed by atoms with Crippen molar-refractivity contribution in [2.24, 2.45) is 0 Å². The molecule has 0 atom stereocenters. The third-order valence-corrected chi connectivity index (χ3v) is 0. The molecule has 0 aromatic rings.